The molecule has 0 aromatic heterocycles. The predicted octanol–water partition coefficient (Wildman–Crippen LogP) is -1.39. The first-order chi connectivity index (χ1) is 4.72. The van der Waals surface area contributed by atoms with Crippen LogP contribution in [0.3, 0.4) is 0 Å². The van der Waals surface area contributed by atoms with Crippen molar-refractivity contribution in [3.8, 4) is 0 Å². The highest BCUT2D eigenvalue weighted by molar-refractivity contribution is 5.57. The lowest BCUT2D eigenvalue weighted by Gasteiger charge is -2.11. The Morgan fingerprint density at radius 3 is 2.60 bits per heavy atom. The lowest BCUT2D eigenvalue weighted by Crippen LogP contribution is -2.36. The summed E-state index contributed by atoms with van der Waals surface area (Å²) in [6.45, 7) is 0.517. The molecular formula is C6H14N2O2. The molecule has 0 amide bonds. The third-order valence-electron chi connectivity index (χ3n) is 1.31. The van der Waals surface area contributed by atoms with Crippen molar-refractivity contribution in [1.29, 1.82) is 0 Å². The fourth-order valence-electron chi connectivity index (χ4n) is 0.610. The van der Waals surface area contributed by atoms with Crippen LogP contribution < -0.4 is 11.5 Å². The van der Waals surface area contributed by atoms with Crippen molar-refractivity contribution >= 4 is 6.29 Å². The number of aldehydes is 1. The van der Waals surface area contributed by atoms with Gasteiger partial charge < -0.3 is 21.4 Å². The molecule has 0 aromatic rings. The quantitative estimate of drug-likeness (QED) is 0.417. The van der Waals surface area contributed by atoms with Gasteiger partial charge in [0, 0.05) is 0 Å². The maximum atomic E-state index is 9.99. The molecule has 0 bridgehead atoms. The molecule has 0 saturated heterocycles. The predicted molar refractivity (Wildman–Crippen MR) is 38.3 cm³/mol. The number of aliphatic hydroxyl groups excluding tert-OH is 1. The number of carbonyl (C=O) groups excluding carboxylic acids is 1. The number of carbonyl (C=O) groups is 1. The van der Waals surface area contributed by atoms with E-state index in [9.17, 15) is 4.79 Å². The largest absolute Gasteiger partial charge is 0.391 e. The Kier molecular flexibility index (Phi) is 5.10. The third kappa shape index (κ3) is 3.55. The Balaban J connectivity index is 3.40. The summed E-state index contributed by atoms with van der Waals surface area (Å²) >= 11 is 0. The van der Waals surface area contributed by atoms with Gasteiger partial charge in [-0.2, -0.15) is 0 Å². The van der Waals surface area contributed by atoms with Crippen molar-refractivity contribution < 1.29 is 9.90 Å². The summed E-state index contributed by atoms with van der Waals surface area (Å²) in [5, 5.41) is 9.04. The maximum Gasteiger partial charge on any atom is 0.139 e. The van der Waals surface area contributed by atoms with Crippen molar-refractivity contribution in [3.63, 3.8) is 0 Å². The second-order valence-electron chi connectivity index (χ2n) is 2.21. The summed E-state index contributed by atoms with van der Waals surface area (Å²) in [4.78, 5) is 9.99. The standard InChI is InChI=1S/C6H14N2O2/c7-3-1-2-6(10)5(8)4-9/h4-6,10H,1-3,7-8H2/t5-,6?/m1/s1. The Morgan fingerprint density at radius 2 is 2.20 bits per heavy atom. The van der Waals surface area contributed by atoms with Crippen LogP contribution in [0.2, 0.25) is 0 Å². The summed E-state index contributed by atoms with van der Waals surface area (Å²) in [6, 6.07) is -0.758. The maximum absolute atomic E-state index is 9.99. The summed E-state index contributed by atoms with van der Waals surface area (Å²) < 4.78 is 0. The smallest absolute Gasteiger partial charge is 0.139 e. The molecule has 10 heavy (non-hydrogen) atoms. The monoisotopic (exact) mass is 146 g/mol. The molecule has 0 fully saturated rings. The van der Waals surface area contributed by atoms with E-state index in [0.29, 0.717) is 25.7 Å². The van der Waals surface area contributed by atoms with Crippen LogP contribution in [-0.2, 0) is 4.79 Å². The van der Waals surface area contributed by atoms with Crippen molar-refractivity contribution in [1.82, 2.24) is 0 Å². The van der Waals surface area contributed by atoms with Crippen molar-refractivity contribution in [2.45, 2.75) is 25.0 Å². The van der Waals surface area contributed by atoms with Gasteiger partial charge in [-0.3, -0.25) is 0 Å². The second-order valence-corrected chi connectivity index (χ2v) is 2.21. The molecular weight excluding hydrogens is 132 g/mol. The molecule has 0 aliphatic heterocycles. The van der Waals surface area contributed by atoms with Crippen molar-refractivity contribution in [2.75, 3.05) is 6.54 Å². The zero-order valence-electron chi connectivity index (χ0n) is 5.86. The van der Waals surface area contributed by atoms with E-state index in [0.717, 1.165) is 0 Å². The Bertz CT molecular complexity index is 97.7. The van der Waals surface area contributed by atoms with Crippen LogP contribution in [0, 0.1) is 0 Å². The minimum absolute atomic E-state index is 0.496. The SMILES string of the molecule is NCCCC(O)[C@H](N)C=O. The summed E-state index contributed by atoms with van der Waals surface area (Å²) in [6.07, 6.45) is 1.00. The molecule has 5 N–H and O–H groups in total. The molecule has 0 rings (SSSR count). The zero-order chi connectivity index (χ0) is 7.98. The van der Waals surface area contributed by atoms with Crippen LogP contribution in [0.4, 0.5) is 0 Å². The first-order valence-corrected chi connectivity index (χ1v) is 3.31. The number of hydrogen-bond acceptors (Lipinski definition) is 4. The highest BCUT2D eigenvalue weighted by atomic mass is 16.3. The van der Waals surface area contributed by atoms with E-state index in [1.165, 1.54) is 0 Å². The number of aliphatic hydroxyl groups is 1. The fourth-order valence-corrected chi connectivity index (χ4v) is 0.610. The molecule has 0 aliphatic rings. The molecule has 0 aromatic carbocycles. The van der Waals surface area contributed by atoms with Crippen molar-refractivity contribution in [2.24, 2.45) is 11.5 Å². The first kappa shape index (κ1) is 9.55. The molecule has 2 atom stereocenters. The second kappa shape index (κ2) is 5.34. The Labute approximate surface area is 60.2 Å². The highest BCUT2D eigenvalue weighted by Crippen LogP contribution is 1.97. The summed E-state index contributed by atoms with van der Waals surface area (Å²) in [5.74, 6) is 0. The van der Waals surface area contributed by atoms with Crippen LogP contribution in [-0.4, -0.2) is 30.1 Å². The van der Waals surface area contributed by atoms with E-state index in [2.05, 4.69) is 0 Å². The van der Waals surface area contributed by atoms with Crippen molar-refractivity contribution in [3.05, 3.63) is 0 Å². The van der Waals surface area contributed by atoms with E-state index >= 15 is 0 Å². The Morgan fingerprint density at radius 1 is 1.60 bits per heavy atom. The van der Waals surface area contributed by atoms with Crippen LogP contribution in [0.1, 0.15) is 12.8 Å². The van der Waals surface area contributed by atoms with Gasteiger partial charge in [0.25, 0.3) is 0 Å². The summed E-state index contributed by atoms with van der Waals surface area (Å²) in [5.41, 5.74) is 10.4. The van der Waals surface area contributed by atoms with Crippen LogP contribution in [0.15, 0.2) is 0 Å². The van der Waals surface area contributed by atoms with Gasteiger partial charge in [-0.1, -0.05) is 0 Å². The molecule has 0 spiro atoms. The molecule has 1 unspecified atom stereocenters. The molecule has 0 heterocycles. The van der Waals surface area contributed by atoms with Gasteiger partial charge in [-0.15, -0.1) is 0 Å². The zero-order valence-corrected chi connectivity index (χ0v) is 5.86. The van der Waals surface area contributed by atoms with E-state index in [1.54, 1.807) is 0 Å². The average Bonchev–Trinajstić information content (AvgIpc) is 1.98. The summed E-state index contributed by atoms with van der Waals surface area (Å²) in [7, 11) is 0. The molecule has 60 valence electrons. The highest BCUT2D eigenvalue weighted by Gasteiger charge is 2.11. The van der Waals surface area contributed by atoms with E-state index < -0.39 is 12.1 Å². The number of nitrogens with two attached hydrogens (primary N) is 2. The van der Waals surface area contributed by atoms with Gasteiger partial charge in [-0.25, -0.2) is 0 Å². The van der Waals surface area contributed by atoms with Gasteiger partial charge in [0.05, 0.1) is 12.1 Å². The van der Waals surface area contributed by atoms with Gasteiger partial charge >= 0.3 is 0 Å². The first-order valence-electron chi connectivity index (χ1n) is 3.31. The lowest BCUT2D eigenvalue weighted by atomic mass is 10.1. The third-order valence-corrected chi connectivity index (χ3v) is 1.31. The Hall–Kier alpha value is -0.450. The van der Waals surface area contributed by atoms with E-state index in [-0.39, 0.29) is 0 Å². The van der Waals surface area contributed by atoms with Crippen LogP contribution in [0.5, 0.6) is 0 Å². The molecule has 4 nitrogen and oxygen atoms in total. The molecule has 4 heteroatoms. The minimum Gasteiger partial charge on any atom is -0.391 e. The van der Waals surface area contributed by atoms with Gasteiger partial charge in [0.2, 0.25) is 0 Å². The topological polar surface area (TPSA) is 89.3 Å². The molecule has 0 aliphatic carbocycles. The average molecular weight is 146 g/mol. The molecule has 0 saturated carbocycles. The number of hydrogen-bond donors (Lipinski definition) is 3. The van der Waals surface area contributed by atoms with Crippen LogP contribution >= 0.6 is 0 Å². The van der Waals surface area contributed by atoms with E-state index in [4.69, 9.17) is 16.6 Å². The fraction of sp³-hybridized carbons (Fsp3) is 0.833. The van der Waals surface area contributed by atoms with Crippen LogP contribution in [0.25, 0.3) is 0 Å². The van der Waals surface area contributed by atoms with Gasteiger partial charge in [0.1, 0.15) is 6.29 Å². The normalized spacial score (nSPS) is 16.3. The lowest BCUT2D eigenvalue weighted by molar-refractivity contribution is -0.111. The minimum atomic E-state index is -0.758. The van der Waals surface area contributed by atoms with E-state index in [1.807, 2.05) is 0 Å². The van der Waals surface area contributed by atoms with Gasteiger partial charge in [-0.05, 0) is 19.4 Å². The van der Waals surface area contributed by atoms with Gasteiger partial charge in [0.15, 0.2) is 0 Å². The molecule has 0 radical (unpaired) electrons. The number of rotatable bonds is 5.